The molecule has 1 unspecified atom stereocenters. The summed E-state index contributed by atoms with van der Waals surface area (Å²) in [7, 11) is 0. The minimum Gasteiger partial charge on any atom is -0.481 e. The van der Waals surface area contributed by atoms with Crippen molar-refractivity contribution in [3.05, 3.63) is 77.2 Å². The van der Waals surface area contributed by atoms with Crippen molar-refractivity contribution in [3.63, 3.8) is 0 Å². The van der Waals surface area contributed by atoms with Crippen LogP contribution in [0.1, 0.15) is 41.6 Å². The van der Waals surface area contributed by atoms with Crippen LogP contribution in [0, 0.1) is 12.7 Å². The van der Waals surface area contributed by atoms with Gasteiger partial charge >= 0.3 is 6.03 Å². The lowest BCUT2D eigenvalue weighted by Gasteiger charge is -2.31. The van der Waals surface area contributed by atoms with E-state index in [0.29, 0.717) is 25.5 Å². The number of piperidine rings is 1. The van der Waals surface area contributed by atoms with Gasteiger partial charge in [0.15, 0.2) is 24.0 Å². The van der Waals surface area contributed by atoms with Gasteiger partial charge in [0.25, 0.3) is 5.89 Å². The summed E-state index contributed by atoms with van der Waals surface area (Å²) in [6.45, 7) is 3.72. The van der Waals surface area contributed by atoms with Crippen LogP contribution in [0.15, 0.2) is 53.1 Å². The van der Waals surface area contributed by atoms with E-state index in [1.807, 2.05) is 31.2 Å². The molecule has 162 valence electrons. The Bertz CT molecular complexity index is 1020. The third-order valence-corrected chi connectivity index (χ3v) is 5.31. The van der Waals surface area contributed by atoms with Crippen molar-refractivity contribution >= 4 is 6.03 Å². The van der Waals surface area contributed by atoms with Gasteiger partial charge in [-0.3, -0.25) is 0 Å². The summed E-state index contributed by atoms with van der Waals surface area (Å²) in [5.41, 5.74) is 2.25. The van der Waals surface area contributed by atoms with Gasteiger partial charge in [-0.25, -0.2) is 9.18 Å². The van der Waals surface area contributed by atoms with Gasteiger partial charge in [0.2, 0.25) is 0 Å². The molecule has 0 radical (unpaired) electrons. The summed E-state index contributed by atoms with van der Waals surface area (Å²) in [4.78, 5) is 18.8. The lowest BCUT2D eigenvalue weighted by atomic mass is 9.98. The van der Waals surface area contributed by atoms with E-state index in [0.717, 1.165) is 18.4 Å². The Kier molecular flexibility index (Phi) is 6.45. The molecular weight excluding hydrogens is 399 g/mol. The smallest absolute Gasteiger partial charge is 0.317 e. The number of carbonyl (C=O) groups is 1. The molecule has 1 fully saturated rings. The van der Waals surface area contributed by atoms with Crippen LogP contribution >= 0.6 is 0 Å². The zero-order valence-electron chi connectivity index (χ0n) is 17.4. The zero-order valence-corrected chi connectivity index (χ0v) is 17.4. The molecule has 0 saturated carbocycles. The highest BCUT2D eigenvalue weighted by atomic mass is 19.1. The van der Waals surface area contributed by atoms with Crippen molar-refractivity contribution in [1.82, 2.24) is 20.4 Å². The number of rotatable bonds is 6. The number of likely N-dealkylation sites (tertiary alicyclic amines) is 1. The van der Waals surface area contributed by atoms with Crippen LogP contribution in [0.4, 0.5) is 9.18 Å². The van der Waals surface area contributed by atoms with E-state index < -0.39 is 5.82 Å². The molecule has 4 rings (SSSR count). The molecule has 3 aromatic rings. The summed E-state index contributed by atoms with van der Waals surface area (Å²) in [6, 6.07) is 14.1. The monoisotopic (exact) mass is 424 g/mol. The van der Waals surface area contributed by atoms with Crippen LogP contribution in [0.2, 0.25) is 0 Å². The zero-order chi connectivity index (χ0) is 21.6. The summed E-state index contributed by atoms with van der Waals surface area (Å²) in [5, 5.41) is 7.03. The van der Waals surface area contributed by atoms with Crippen molar-refractivity contribution in [2.45, 2.75) is 38.8 Å². The van der Waals surface area contributed by atoms with Crippen molar-refractivity contribution in [2.24, 2.45) is 0 Å². The molecule has 2 aromatic carbocycles. The highest BCUT2D eigenvalue weighted by Crippen LogP contribution is 2.25. The topological polar surface area (TPSA) is 80.5 Å². The van der Waals surface area contributed by atoms with Crippen LogP contribution in [0.25, 0.3) is 0 Å². The van der Waals surface area contributed by atoms with Crippen LogP contribution in [-0.4, -0.2) is 34.2 Å². The van der Waals surface area contributed by atoms with Gasteiger partial charge in [-0.2, -0.15) is 4.98 Å². The fraction of sp³-hybridized carbons (Fsp3) is 0.348. The molecule has 2 heterocycles. The van der Waals surface area contributed by atoms with Gasteiger partial charge in [0, 0.05) is 25.6 Å². The average Bonchev–Trinajstić information content (AvgIpc) is 3.27. The van der Waals surface area contributed by atoms with Gasteiger partial charge < -0.3 is 19.5 Å². The number of benzene rings is 2. The average molecular weight is 424 g/mol. The molecule has 0 spiro atoms. The Balaban J connectivity index is 1.30. The maximum absolute atomic E-state index is 13.7. The van der Waals surface area contributed by atoms with E-state index >= 15 is 0 Å². The number of urea groups is 1. The van der Waals surface area contributed by atoms with Crippen LogP contribution in [-0.2, 0) is 13.2 Å². The number of hydrogen-bond donors (Lipinski definition) is 1. The Hall–Kier alpha value is -3.42. The summed E-state index contributed by atoms with van der Waals surface area (Å²) >= 11 is 0. The third kappa shape index (κ3) is 5.39. The fourth-order valence-corrected chi connectivity index (χ4v) is 3.56. The summed E-state index contributed by atoms with van der Waals surface area (Å²) in [5.74, 6) is 0.505. The molecule has 2 amide bonds. The van der Waals surface area contributed by atoms with Gasteiger partial charge in [-0.15, -0.1) is 0 Å². The first-order valence-corrected chi connectivity index (χ1v) is 10.4. The van der Waals surface area contributed by atoms with E-state index in [2.05, 4.69) is 15.5 Å². The summed E-state index contributed by atoms with van der Waals surface area (Å²) in [6.07, 6.45) is 1.73. The van der Waals surface area contributed by atoms with Crippen molar-refractivity contribution in [1.29, 1.82) is 0 Å². The van der Waals surface area contributed by atoms with Crippen molar-refractivity contribution in [2.75, 3.05) is 13.1 Å². The highest BCUT2D eigenvalue weighted by molar-refractivity contribution is 5.74. The van der Waals surface area contributed by atoms with Gasteiger partial charge in [-0.1, -0.05) is 47.1 Å². The number of aryl methyl sites for hydroxylation is 1. The van der Waals surface area contributed by atoms with E-state index in [1.54, 1.807) is 23.1 Å². The Labute approximate surface area is 180 Å². The standard InChI is InChI=1S/C23H25FN4O3/c1-16-8-10-17(11-9-16)13-25-23(29)28-12-4-5-18(14-28)22-26-21(31-27-22)15-30-20-7-3-2-6-19(20)24/h2-3,6-11,18H,4-5,12-15H2,1H3,(H,25,29). The second-order valence-electron chi connectivity index (χ2n) is 7.69. The largest absolute Gasteiger partial charge is 0.481 e. The maximum Gasteiger partial charge on any atom is 0.317 e. The molecule has 1 aliphatic rings. The molecule has 0 aliphatic carbocycles. The SMILES string of the molecule is Cc1ccc(CNC(=O)N2CCCC(c3noc(COc4ccccc4F)n3)C2)cc1. The Morgan fingerprint density at radius 3 is 2.87 bits per heavy atom. The van der Waals surface area contributed by atoms with Crippen LogP contribution < -0.4 is 10.1 Å². The van der Waals surface area contributed by atoms with Crippen LogP contribution in [0.3, 0.4) is 0 Å². The maximum atomic E-state index is 13.7. The molecule has 7 nitrogen and oxygen atoms in total. The normalized spacial score (nSPS) is 16.2. The predicted octanol–water partition coefficient (Wildman–Crippen LogP) is 4.19. The minimum atomic E-state index is -0.443. The summed E-state index contributed by atoms with van der Waals surface area (Å²) < 4.78 is 24.3. The number of aromatic nitrogens is 2. The predicted molar refractivity (Wildman–Crippen MR) is 112 cm³/mol. The number of carbonyl (C=O) groups excluding carboxylic acids is 1. The van der Waals surface area contributed by atoms with E-state index in [4.69, 9.17) is 9.26 Å². The first-order valence-electron chi connectivity index (χ1n) is 10.4. The van der Waals surface area contributed by atoms with E-state index in [1.165, 1.54) is 11.6 Å². The molecular formula is C23H25FN4O3. The number of halogens is 1. The van der Waals surface area contributed by atoms with Crippen molar-refractivity contribution < 1.29 is 18.4 Å². The number of nitrogens with one attached hydrogen (secondary N) is 1. The first kappa shape index (κ1) is 20.8. The van der Waals surface area contributed by atoms with E-state index in [-0.39, 0.29) is 30.2 Å². The fourth-order valence-electron chi connectivity index (χ4n) is 3.56. The molecule has 8 heteroatoms. The van der Waals surface area contributed by atoms with Gasteiger partial charge in [-0.05, 0) is 37.5 Å². The molecule has 1 aliphatic heterocycles. The quantitative estimate of drug-likeness (QED) is 0.642. The number of para-hydroxylation sites is 1. The second kappa shape index (κ2) is 9.59. The molecule has 0 bridgehead atoms. The van der Waals surface area contributed by atoms with E-state index in [9.17, 15) is 9.18 Å². The number of hydrogen-bond acceptors (Lipinski definition) is 5. The molecule has 1 atom stereocenters. The molecule has 1 aromatic heterocycles. The molecule has 31 heavy (non-hydrogen) atoms. The minimum absolute atomic E-state index is 0.00941. The number of amides is 2. The second-order valence-corrected chi connectivity index (χ2v) is 7.69. The Morgan fingerprint density at radius 1 is 1.26 bits per heavy atom. The third-order valence-electron chi connectivity index (χ3n) is 5.31. The van der Waals surface area contributed by atoms with Crippen LogP contribution in [0.5, 0.6) is 5.75 Å². The number of nitrogens with zero attached hydrogens (tertiary/aromatic N) is 3. The number of ether oxygens (including phenoxy) is 1. The lowest BCUT2D eigenvalue weighted by Crippen LogP contribution is -2.44. The first-order chi connectivity index (χ1) is 15.1. The highest BCUT2D eigenvalue weighted by Gasteiger charge is 2.28. The van der Waals surface area contributed by atoms with Crippen molar-refractivity contribution in [3.8, 4) is 5.75 Å². The van der Waals surface area contributed by atoms with Gasteiger partial charge in [0.05, 0.1) is 0 Å². The lowest BCUT2D eigenvalue weighted by molar-refractivity contribution is 0.177. The van der Waals surface area contributed by atoms with Gasteiger partial charge in [0.1, 0.15) is 0 Å². The Morgan fingerprint density at radius 2 is 2.06 bits per heavy atom. The molecule has 1 saturated heterocycles. The molecule has 1 N–H and O–H groups in total.